The Kier molecular flexibility index (Phi) is 4.37. The van der Waals surface area contributed by atoms with E-state index in [1.54, 1.807) is 0 Å². The minimum absolute atomic E-state index is 0.0709. The first-order valence-corrected chi connectivity index (χ1v) is 7.19. The number of amides is 1. The van der Waals surface area contributed by atoms with Gasteiger partial charge in [-0.15, -0.1) is 0 Å². The molecule has 0 aromatic heterocycles. The van der Waals surface area contributed by atoms with Crippen LogP contribution >= 0.6 is 12.2 Å². The second-order valence-electron chi connectivity index (χ2n) is 5.41. The molecule has 2 rings (SSSR count). The van der Waals surface area contributed by atoms with Crippen LogP contribution in [0.4, 0.5) is 0 Å². The highest BCUT2D eigenvalue weighted by molar-refractivity contribution is 7.80. The second-order valence-corrected chi connectivity index (χ2v) is 5.89. The molecule has 0 aromatic carbocycles. The molecule has 1 unspecified atom stereocenters. The number of carbonyl (C=O) groups is 1. The molecule has 17 heavy (non-hydrogen) atoms. The Balaban J connectivity index is 1.91. The number of carbonyl (C=O) groups excluding carboxylic acids is 1. The maximum absolute atomic E-state index is 12.0. The average molecular weight is 254 g/mol. The first-order valence-electron chi connectivity index (χ1n) is 6.78. The van der Waals surface area contributed by atoms with Crippen LogP contribution in [0.2, 0.25) is 0 Å². The third kappa shape index (κ3) is 3.18. The van der Waals surface area contributed by atoms with Crippen LogP contribution in [0.25, 0.3) is 0 Å². The molecule has 1 atom stereocenters. The summed E-state index contributed by atoms with van der Waals surface area (Å²) in [7, 11) is 0. The molecule has 2 fully saturated rings. The number of hydrogen-bond acceptors (Lipinski definition) is 2. The molecule has 0 saturated heterocycles. The van der Waals surface area contributed by atoms with Gasteiger partial charge in [0.25, 0.3) is 0 Å². The Morgan fingerprint density at radius 1 is 1.12 bits per heavy atom. The van der Waals surface area contributed by atoms with Crippen LogP contribution in [0.1, 0.15) is 51.4 Å². The van der Waals surface area contributed by atoms with Gasteiger partial charge in [0.05, 0.1) is 11.0 Å². The lowest BCUT2D eigenvalue weighted by Gasteiger charge is -2.33. The van der Waals surface area contributed by atoms with Crippen molar-refractivity contribution in [1.29, 1.82) is 0 Å². The van der Waals surface area contributed by atoms with Gasteiger partial charge in [-0.1, -0.05) is 37.9 Å². The Bertz CT molecular complexity index is 296. The van der Waals surface area contributed by atoms with Crippen LogP contribution in [-0.4, -0.2) is 16.9 Å². The van der Waals surface area contributed by atoms with E-state index in [2.05, 4.69) is 5.32 Å². The van der Waals surface area contributed by atoms with E-state index in [0.717, 1.165) is 25.7 Å². The van der Waals surface area contributed by atoms with E-state index in [1.165, 1.54) is 25.7 Å². The molecule has 0 aromatic rings. The zero-order valence-corrected chi connectivity index (χ0v) is 11.1. The Morgan fingerprint density at radius 2 is 1.76 bits per heavy atom. The van der Waals surface area contributed by atoms with E-state index < -0.39 is 0 Å². The number of nitrogens with two attached hydrogens (primary N) is 1. The largest absolute Gasteiger partial charge is 0.392 e. The van der Waals surface area contributed by atoms with Gasteiger partial charge in [0.1, 0.15) is 0 Å². The molecule has 96 valence electrons. The van der Waals surface area contributed by atoms with Gasteiger partial charge in [0.2, 0.25) is 5.91 Å². The predicted octanol–water partition coefficient (Wildman–Crippen LogP) is 2.14. The quantitative estimate of drug-likeness (QED) is 0.756. The fraction of sp³-hybridized carbons (Fsp3) is 0.846. The van der Waals surface area contributed by atoms with Gasteiger partial charge < -0.3 is 11.1 Å². The van der Waals surface area contributed by atoms with Gasteiger partial charge in [-0.2, -0.15) is 0 Å². The van der Waals surface area contributed by atoms with Crippen molar-refractivity contribution in [3.8, 4) is 0 Å². The van der Waals surface area contributed by atoms with Crippen molar-refractivity contribution in [1.82, 2.24) is 5.32 Å². The van der Waals surface area contributed by atoms with Crippen molar-refractivity contribution in [2.75, 3.05) is 0 Å². The van der Waals surface area contributed by atoms with Crippen LogP contribution in [0.5, 0.6) is 0 Å². The van der Waals surface area contributed by atoms with Crippen molar-refractivity contribution in [3.63, 3.8) is 0 Å². The van der Waals surface area contributed by atoms with Crippen LogP contribution in [0.15, 0.2) is 0 Å². The summed E-state index contributed by atoms with van der Waals surface area (Å²) in [5, 5.41) is 3.08. The minimum Gasteiger partial charge on any atom is -0.392 e. The SMILES string of the molecule is NC(=S)C(NC(=O)C1CCC1)C1CCCCC1. The summed E-state index contributed by atoms with van der Waals surface area (Å²) >= 11 is 5.12. The molecule has 2 aliphatic carbocycles. The summed E-state index contributed by atoms with van der Waals surface area (Å²) < 4.78 is 0. The van der Waals surface area contributed by atoms with E-state index in [-0.39, 0.29) is 17.9 Å². The summed E-state index contributed by atoms with van der Waals surface area (Å²) in [5.74, 6) is 0.848. The van der Waals surface area contributed by atoms with Crippen LogP contribution < -0.4 is 11.1 Å². The summed E-state index contributed by atoms with van der Waals surface area (Å²) in [6.07, 6.45) is 9.31. The fourth-order valence-electron chi connectivity index (χ4n) is 2.83. The third-order valence-electron chi connectivity index (χ3n) is 4.20. The Labute approximate surface area is 109 Å². The zero-order chi connectivity index (χ0) is 12.3. The summed E-state index contributed by atoms with van der Waals surface area (Å²) in [6, 6.07) is -0.0709. The van der Waals surface area contributed by atoms with Crippen molar-refractivity contribution < 1.29 is 4.79 Å². The monoisotopic (exact) mass is 254 g/mol. The van der Waals surface area contributed by atoms with Crippen molar-refractivity contribution >= 4 is 23.1 Å². The Morgan fingerprint density at radius 3 is 2.24 bits per heavy atom. The highest BCUT2D eigenvalue weighted by Crippen LogP contribution is 2.29. The topological polar surface area (TPSA) is 55.1 Å². The second kappa shape index (κ2) is 5.80. The van der Waals surface area contributed by atoms with Gasteiger partial charge in [-0.25, -0.2) is 0 Å². The number of thiocarbonyl (C=S) groups is 1. The Hall–Kier alpha value is -0.640. The molecule has 0 spiro atoms. The van der Waals surface area contributed by atoms with E-state index in [9.17, 15) is 4.79 Å². The molecule has 0 radical (unpaired) electrons. The van der Waals surface area contributed by atoms with E-state index >= 15 is 0 Å². The summed E-state index contributed by atoms with van der Waals surface area (Å²) in [5.41, 5.74) is 5.79. The highest BCUT2D eigenvalue weighted by Gasteiger charge is 2.31. The standard InChI is InChI=1S/C13H22N2OS/c14-12(17)11(9-5-2-1-3-6-9)15-13(16)10-7-4-8-10/h9-11H,1-8H2,(H2,14,17)(H,15,16). The van der Waals surface area contributed by atoms with E-state index in [4.69, 9.17) is 18.0 Å². The molecule has 0 aliphatic heterocycles. The number of hydrogen-bond donors (Lipinski definition) is 2. The third-order valence-corrected chi connectivity index (χ3v) is 4.46. The van der Waals surface area contributed by atoms with Gasteiger partial charge >= 0.3 is 0 Å². The van der Waals surface area contributed by atoms with E-state index in [1.807, 2.05) is 0 Å². The van der Waals surface area contributed by atoms with Crippen molar-refractivity contribution in [2.24, 2.45) is 17.6 Å². The lowest BCUT2D eigenvalue weighted by atomic mass is 9.81. The molecule has 4 heteroatoms. The molecule has 3 N–H and O–H groups in total. The zero-order valence-electron chi connectivity index (χ0n) is 10.3. The average Bonchev–Trinajstić information content (AvgIpc) is 2.24. The van der Waals surface area contributed by atoms with Gasteiger partial charge in [0, 0.05) is 5.92 Å². The minimum atomic E-state index is -0.0709. The van der Waals surface area contributed by atoms with Crippen molar-refractivity contribution in [3.05, 3.63) is 0 Å². The van der Waals surface area contributed by atoms with Gasteiger partial charge in [0.15, 0.2) is 0 Å². The molecule has 0 heterocycles. The number of rotatable bonds is 4. The first kappa shape index (κ1) is 12.8. The molecule has 2 aliphatic rings. The lowest BCUT2D eigenvalue weighted by Crippen LogP contribution is -2.51. The van der Waals surface area contributed by atoms with Crippen molar-refractivity contribution in [2.45, 2.75) is 57.4 Å². The maximum atomic E-state index is 12.0. The van der Waals surface area contributed by atoms with Crippen LogP contribution in [-0.2, 0) is 4.79 Å². The molecule has 1 amide bonds. The normalized spacial score (nSPS) is 23.8. The summed E-state index contributed by atoms with van der Waals surface area (Å²) in [4.78, 5) is 12.4. The smallest absolute Gasteiger partial charge is 0.223 e. The molecule has 3 nitrogen and oxygen atoms in total. The summed E-state index contributed by atoms with van der Waals surface area (Å²) in [6.45, 7) is 0. The molecule has 0 bridgehead atoms. The van der Waals surface area contributed by atoms with Gasteiger partial charge in [-0.05, 0) is 31.6 Å². The first-order chi connectivity index (χ1) is 8.18. The maximum Gasteiger partial charge on any atom is 0.223 e. The van der Waals surface area contributed by atoms with E-state index in [0.29, 0.717) is 10.9 Å². The predicted molar refractivity (Wildman–Crippen MR) is 72.6 cm³/mol. The molecular formula is C13H22N2OS. The highest BCUT2D eigenvalue weighted by atomic mass is 32.1. The number of nitrogens with one attached hydrogen (secondary N) is 1. The fourth-order valence-corrected chi connectivity index (χ4v) is 3.08. The lowest BCUT2D eigenvalue weighted by molar-refractivity contribution is -0.128. The molecule has 2 saturated carbocycles. The van der Waals surface area contributed by atoms with Crippen LogP contribution in [0, 0.1) is 11.8 Å². The van der Waals surface area contributed by atoms with Gasteiger partial charge in [-0.3, -0.25) is 4.79 Å². The molecular weight excluding hydrogens is 232 g/mol. The van der Waals surface area contributed by atoms with Crippen LogP contribution in [0.3, 0.4) is 0 Å².